The van der Waals surface area contributed by atoms with E-state index in [0.717, 1.165) is 10.9 Å². The summed E-state index contributed by atoms with van der Waals surface area (Å²) < 4.78 is 0. The first-order chi connectivity index (χ1) is 36.7. The van der Waals surface area contributed by atoms with Gasteiger partial charge in [-0.25, -0.2) is 0 Å². The molecular formula is C50H73N17O10. The third kappa shape index (κ3) is 21.5. The number of H-pyrrole nitrogens is 1. The van der Waals surface area contributed by atoms with Gasteiger partial charge in [-0.05, 0) is 68.6 Å². The number of aromatic amines is 1. The number of para-hydroxylation sites is 1. The minimum atomic E-state index is -1.52. The first-order valence-electron chi connectivity index (χ1n) is 25.3. The van der Waals surface area contributed by atoms with E-state index in [0.29, 0.717) is 11.1 Å². The Labute approximate surface area is 445 Å². The van der Waals surface area contributed by atoms with Crippen molar-refractivity contribution in [2.24, 2.45) is 38.7 Å². The monoisotopic (exact) mass is 1070 g/mol. The highest BCUT2D eigenvalue weighted by atomic mass is 16.2. The van der Waals surface area contributed by atoms with E-state index in [1.807, 2.05) is 18.2 Å². The van der Waals surface area contributed by atoms with Gasteiger partial charge in [-0.15, -0.1) is 0 Å². The van der Waals surface area contributed by atoms with Crippen LogP contribution in [0.5, 0.6) is 0 Å². The molecule has 0 radical (unpaired) electrons. The standard InChI is InChI=1S/C50H73N17O10/c1-28(68)56-24-20-38-46(75)66-39(25-30-11-4-3-5-12-30)47(76)63-36(17-10-23-59-50(54)55)44(73)67-40(26-31-27-60-33-14-7-6-13-32(31)33)48(77)62-34(42(51)71)15-8-21-57-41(70)19-18-37(45(74)65-38)64-43(72)35(61-29(2)69)16-9-22-58-49(52)53/h3-7,11-14,27,34-40,60H,8-10,15-26H2,1-2H3,(H2,51,71)(H,56,68)(H,57,70)(H,61,69)(H,62,77)(H,63,76)(H,64,72)(H,65,74)(H,66,75)(H,67,73)(H4,52,53,58)(H4,54,55,59)/t34?,35-,36-,37-,38-,39+,40-/m0/s1. The lowest BCUT2D eigenvalue weighted by atomic mass is 10.0. The Balaban J connectivity index is 1.79. The summed E-state index contributed by atoms with van der Waals surface area (Å²) in [6.07, 6.45) is 0.863. The van der Waals surface area contributed by atoms with E-state index in [4.69, 9.17) is 28.7 Å². The smallest absolute Gasteiger partial charge is 0.243 e. The van der Waals surface area contributed by atoms with Crippen molar-refractivity contribution in [2.75, 3.05) is 26.2 Å². The molecule has 1 aliphatic rings. The molecule has 10 amide bonds. The second-order valence-electron chi connectivity index (χ2n) is 18.5. The van der Waals surface area contributed by atoms with Crippen molar-refractivity contribution < 1.29 is 47.9 Å². The van der Waals surface area contributed by atoms with Gasteiger partial charge in [0.25, 0.3) is 0 Å². The largest absolute Gasteiger partial charge is 0.370 e. The van der Waals surface area contributed by atoms with Gasteiger partial charge in [0.1, 0.15) is 42.3 Å². The Hall–Kier alpha value is -8.78. The van der Waals surface area contributed by atoms with Crippen LogP contribution in [0.4, 0.5) is 0 Å². The Morgan fingerprint density at radius 3 is 1.90 bits per heavy atom. The number of nitrogens with two attached hydrogens (primary N) is 5. The Bertz CT molecular complexity index is 2600. The number of aliphatic imine (C=N–C) groups is 2. The number of aromatic nitrogens is 1. The van der Waals surface area contributed by atoms with Crippen LogP contribution in [0, 0.1) is 0 Å². The molecule has 2 heterocycles. The van der Waals surface area contributed by atoms with Crippen LogP contribution in [0.25, 0.3) is 10.9 Å². The van der Waals surface area contributed by atoms with Crippen molar-refractivity contribution in [3.8, 4) is 0 Å². The number of fused-ring (bicyclic) bond motifs is 1. The van der Waals surface area contributed by atoms with Gasteiger partial charge in [0, 0.05) is 76.4 Å². The maximum Gasteiger partial charge on any atom is 0.243 e. The highest BCUT2D eigenvalue weighted by molar-refractivity contribution is 5.98. The van der Waals surface area contributed by atoms with E-state index in [2.05, 4.69) is 62.8 Å². The average molecular weight is 1070 g/mol. The van der Waals surface area contributed by atoms with E-state index >= 15 is 0 Å². The number of hydrogen-bond donors (Lipinski definition) is 15. The van der Waals surface area contributed by atoms with Gasteiger partial charge in [0.05, 0.1) is 0 Å². The van der Waals surface area contributed by atoms with E-state index in [1.54, 1.807) is 42.6 Å². The van der Waals surface area contributed by atoms with Crippen molar-refractivity contribution in [2.45, 2.75) is 127 Å². The maximum absolute atomic E-state index is 14.7. The number of primary amides is 1. The molecule has 1 fully saturated rings. The molecular weight excluding hydrogens is 999 g/mol. The third-order valence-electron chi connectivity index (χ3n) is 12.2. The Morgan fingerprint density at radius 1 is 0.662 bits per heavy atom. The molecule has 1 unspecified atom stereocenters. The normalized spacial score (nSPS) is 20.8. The van der Waals surface area contributed by atoms with E-state index < -0.39 is 101 Å². The number of carbonyl (C=O) groups excluding carboxylic acids is 10. The predicted octanol–water partition coefficient (Wildman–Crippen LogP) is -3.82. The summed E-state index contributed by atoms with van der Waals surface area (Å²) in [5.74, 6) is -8.08. The maximum atomic E-state index is 14.7. The fourth-order valence-corrected chi connectivity index (χ4v) is 8.33. The Morgan fingerprint density at radius 2 is 1.25 bits per heavy atom. The van der Waals surface area contributed by atoms with Crippen LogP contribution < -0.4 is 76.5 Å². The summed E-state index contributed by atoms with van der Waals surface area (Å²) in [6, 6.07) is 6.13. The van der Waals surface area contributed by atoms with E-state index in [-0.39, 0.29) is 109 Å². The number of amides is 10. The number of hydrogen-bond acceptors (Lipinski definition) is 12. The molecule has 1 saturated heterocycles. The minimum Gasteiger partial charge on any atom is -0.370 e. The molecule has 0 spiro atoms. The van der Waals surface area contributed by atoms with Crippen LogP contribution in [0.2, 0.25) is 0 Å². The SMILES string of the molecule is CC(=O)NCC[C@@H]1NC(=O)[C@@H](NC(=O)[C@H](CCCN=C(N)N)NC(C)=O)CCC(=O)NCCCC(C(N)=O)NC(=O)[C@H](Cc2c[nH]c3ccccc23)NC(=O)[C@H](CCCN=C(N)N)NC(=O)[C@@H](Cc2ccccc2)NC1=O. The molecule has 27 nitrogen and oxygen atoms in total. The fourth-order valence-electron chi connectivity index (χ4n) is 8.33. The first-order valence-corrected chi connectivity index (χ1v) is 25.3. The molecule has 3 aromatic rings. The number of nitrogens with one attached hydrogen (secondary N) is 10. The summed E-state index contributed by atoms with van der Waals surface area (Å²) in [7, 11) is 0. The Kier molecular flexibility index (Phi) is 24.6. The highest BCUT2D eigenvalue weighted by Crippen LogP contribution is 2.20. The minimum absolute atomic E-state index is 0.0277. The van der Waals surface area contributed by atoms with Crippen molar-refractivity contribution in [3.05, 3.63) is 71.9 Å². The molecule has 0 saturated carbocycles. The fraction of sp³-hybridized carbons (Fsp3) is 0.480. The lowest BCUT2D eigenvalue weighted by Gasteiger charge is -2.28. The molecule has 0 aliphatic carbocycles. The number of carbonyl (C=O) groups is 10. The van der Waals surface area contributed by atoms with Gasteiger partial charge in [-0.3, -0.25) is 57.9 Å². The molecule has 1 aromatic heterocycles. The van der Waals surface area contributed by atoms with Gasteiger partial charge in [-0.1, -0.05) is 48.5 Å². The lowest BCUT2D eigenvalue weighted by Crippen LogP contribution is -2.60. The van der Waals surface area contributed by atoms with Crippen LogP contribution in [0.1, 0.15) is 82.8 Å². The zero-order valence-corrected chi connectivity index (χ0v) is 43.3. The second-order valence-corrected chi connectivity index (χ2v) is 18.5. The zero-order valence-electron chi connectivity index (χ0n) is 43.3. The topological polar surface area (TPSA) is 450 Å². The summed E-state index contributed by atoms with van der Waals surface area (Å²) >= 11 is 0. The summed E-state index contributed by atoms with van der Waals surface area (Å²) in [5, 5.41) is 24.6. The van der Waals surface area contributed by atoms with Crippen LogP contribution in [-0.4, -0.2) is 144 Å². The quantitative estimate of drug-likeness (QED) is 0.0311. The van der Waals surface area contributed by atoms with E-state index in [9.17, 15) is 47.9 Å². The molecule has 77 heavy (non-hydrogen) atoms. The van der Waals surface area contributed by atoms with E-state index in [1.165, 1.54) is 13.8 Å². The van der Waals surface area contributed by atoms with Crippen molar-refractivity contribution in [1.29, 1.82) is 0 Å². The molecule has 7 atom stereocenters. The van der Waals surface area contributed by atoms with Crippen LogP contribution >= 0.6 is 0 Å². The van der Waals surface area contributed by atoms with Gasteiger partial charge >= 0.3 is 0 Å². The summed E-state index contributed by atoms with van der Waals surface area (Å²) in [5.41, 5.74) is 29.8. The molecule has 2 aromatic carbocycles. The molecule has 4 rings (SSSR count). The zero-order chi connectivity index (χ0) is 56.4. The molecule has 1 aliphatic heterocycles. The highest BCUT2D eigenvalue weighted by Gasteiger charge is 2.35. The molecule has 20 N–H and O–H groups in total. The number of rotatable bonds is 19. The lowest BCUT2D eigenvalue weighted by molar-refractivity contribution is -0.136. The van der Waals surface area contributed by atoms with Gasteiger partial charge < -0.3 is 81.5 Å². The molecule has 0 bridgehead atoms. The van der Waals surface area contributed by atoms with Crippen LogP contribution in [-0.2, 0) is 60.8 Å². The average Bonchev–Trinajstić information content (AvgIpc) is 3.79. The van der Waals surface area contributed by atoms with Crippen LogP contribution in [0.15, 0.2) is 70.8 Å². The number of guanidine groups is 2. The predicted molar refractivity (Wildman–Crippen MR) is 285 cm³/mol. The van der Waals surface area contributed by atoms with Gasteiger partial charge in [0.2, 0.25) is 59.1 Å². The summed E-state index contributed by atoms with van der Waals surface area (Å²) in [4.78, 5) is 148. The second kappa shape index (κ2) is 31.2. The van der Waals surface area contributed by atoms with Crippen molar-refractivity contribution in [3.63, 3.8) is 0 Å². The molecule has 418 valence electrons. The van der Waals surface area contributed by atoms with Gasteiger partial charge in [0.15, 0.2) is 11.9 Å². The van der Waals surface area contributed by atoms with Crippen molar-refractivity contribution in [1.82, 2.24) is 52.8 Å². The van der Waals surface area contributed by atoms with Crippen LogP contribution in [0.3, 0.4) is 0 Å². The first kappa shape index (κ1) is 60.8. The summed E-state index contributed by atoms with van der Waals surface area (Å²) in [6.45, 7) is 2.40. The van der Waals surface area contributed by atoms with Crippen molar-refractivity contribution >= 4 is 81.9 Å². The molecule has 27 heteroatoms. The third-order valence-corrected chi connectivity index (χ3v) is 12.2. The number of benzene rings is 2. The van der Waals surface area contributed by atoms with Gasteiger partial charge in [-0.2, -0.15) is 0 Å². The number of nitrogens with zero attached hydrogens (tertiary/aromatic N) is 2.